The molecule has 1 N–H and O–H groups in total. The average molecular weight is 342 g/mol. The normalized spacial score (nSPS) is 15.8. The molecule has 6 nitrogen and oxygen atoms in total. The van der Waals surface area contributed by atoms with E-state index in [1.54, 1.807) is 12.4 Å². The summed E-state index contributed by atoms with van der Waals surface area (Å²) >= 11 is 0. The monoisotopic (exact) mass is 342 g/mol. The highest BCUT2D eigenvalue weighted by Crippen LogP contribution is 2.20. The van der Waals surface area contributed by atoms with Crippen LogP contribution < -0.4 is 9.80 Å². The first kappa shape index (κ1) is 17.6. The first-order valence-electron chi connectivity index (χ1n) is 9.04. The molecule has 0 saturated carbocycles. The van der Waals surface area contributed by atoms with Gasteiger partial charge in [0, 0.05) is 35.4 Å². The second-order valence-electron chi connectivity index (χ2n) is 7.13. The first-order valence-corrected chi connectivity index (χ1v) is 9.04. The number of nitrogens with zero attached hydrogens (tertiary/aromatic N) is 4. The molecule has 2 aromatic rings. The summed E-state index contributed by atoms with van der Waals surface area (Å²) in [5.41, 5.74) is 3.14. The number of carbonyl (C=O) groups is 1. The number of hydrogen-bond acceptors (Lipinski definition) is 4. The third-order valence-corrected chi connectivity index (χ3v) is 5.02. The number of ketones is 1. The van der Waals surface area contributed by atoms with Gasteiger partial charge in [0.15, 0.2) is 0 Å². The Bertz CT molecular complexity index is 730. The minimum Gasteiger partial charge on any atom is -0.346 e. The smallest absolute Gasteiger partial charge is 0.225 e. The van der Waals surface area contributed by atoms with E-state index < -0.39 is 0 Å². The van der Waals surface area contributed by atoms with E-state index in [1.165, 1.54) is 4.90 Å². The van der Waals surface area contributed by atoms with Gasteiger partial charge in [0.25, 0.3) is 0 Å². The van der Waals surface area contributed by atoms with Crippen molar-refractivity contribution in [2.75, 3.05) is 37.6 Å². The minimum atomic E-state index is 0.249. The van der Waals surface area contributed by atoms with Gasteiger partial charge in [-0.2, -0.15) is 0 Å². The van der Waals surface area contributed by atoms with E-state index in [0.717, 1.165) is 49.1 Å². The molecule has 134 valence electrons. The lowest BCUT2D eigenvalue weighted by atomic mass is 10.1. The Morgan fingerprint density at radius 2 is 1.84 bits per heavy atom. The van der Waals surface area contributed by atoms with Crippen LogP contribution in [0.5, 0.6) is 0 Å². The quantitative estimate of drug-likeness (QED) is 0.826. The van der Waals surface area contributed by atoms with Crippen LogP contribution >= 0.6 is 0 Å². The molecule has 0 aliphatic carbocycles. The number of aryl methyl sites for hydroxylation is 1. The predicted molar refractivity (Wildman–Crippen MR) is 98.4 cm³/mol. The molecule has 1 aliphatic heterocycles. The van der Waals surface area contributed by atoms with E-state index in [4.69, 9.17) is 0 Å². The summed E-state index contributed by atoms with van der Waals surface area (Å²) in [5.74, 6) is 1.03. The molecule has 25 heavy (non-hydrogen) atoms. The van der Waals surface area contributed by atoms with Crippen molar-refractivity contribution in [3.63, 3.8) is 0 Å². The van der Waals surface area contributed by atoms with Gasteiger partial charge < -0.3 is 14.4 Å². The summed E-state index contributed by atoms with van der Waals surface area (Å²) in [5, 5.41) is 0. The maximum absolute atomic E-state index is 12.8. The molecule has 1 saturated heterocycles. The van der Waals surface area contributed by atoms with Crippen molar-refractivity contribution >= 4 is 11.7 Å². The second kappa shape index (κ2) is 7.35. The number of aromatic nitrogens is 3. The number of quaternary nitrogens is 1. The minimum absolute atomic E-state index is 0.249. The Balaban J connectivity index is 1.61. The third-order valence-electron chi connectivity index (χ3n) is 5.02. The maximum atomic E-state index is 12.8. The zero-order valence-corrected chi connectivity index (χ0v) is 15.6. The lowest BCUT2D eigenvalue weighted by Gasteiger charge is -2.31. The molecule has 3 rings (SSSR count). The summed E-state index contributed by atoms with van der Waals surface area (Å²) in [6, 6.07) is 4.26. The van der Waals surface area contributed by atoms with E-state index in [1.807, 2.05) is 12.1 Å². The van der Waals surface area contributed by atoms with Crippen LogP contribution in [0.1, 0.15) is 41.6 Å². The van der Waals surface area contributed by atoms with Crippen LogP contribution in [-0.4, -0.2) is 53.0 Å². The first-order chi connectivity index (χ1) is 12.0. The van der Waals surface area contributed by atoms with E-state index in [2.05, 4.69) is 47.1 Å². The fourth-order valence-electron chi connectivity index (χ4n) is 3.83. The number of rotatable bonds is 5. The van der Waals surface area contributed by atoms with E-state index in [-0.39, 0.29) is 5.78 Å². The van der Waals surface area contributed by atoms with Gasteiger partial charge in [-0.05, 0) is 39.8 Å². The van der Waals surface area contributed by atoms with Gasteiger partial charge in [-0.15, -0.1) is 0 Å². The van der Waals surface area contributed by atoms with E-state index in [0.29, 0.717) is 12.6 Å². The zero-order valence-electron chi connectivity index (χ0n) is 15.6. The highest BCUT2D eigenvalue weighted by Gasteiger charge is 2.26. The largest absolute Gasteiger partial charge is 0.346 e. The SMILES string of the molecule is Cc1cc(C(=O)C[NH+]2CCN(c3ncccn3)CC2)c(C)n1C(C)C. The molecule has 3 heterocycles. The van der Waals surface area contributed by atoms with E-state index >= 15 is 0 Å². The maximum Gasteiger partial charge on any atom is 0.225 e. The Morgan fingerprint density at radius 3 is 2.40 bits per heavy atom. The molecule has 0 aromatic carbocycles. The molecule has 6 heteroatoms. The molecule has 0 bridgehead atoms. The lowest BCUT2D eigenvalue weighted by Crippen LogP contribution is -3.15. The van der Waals surface area contributed by atoms with E-state index in [9.17, 15) is 4.79 Å². The highest BCUT2D eigenvalue weighted by molar-refractivity contribution is 5.98. The Hall–Kier alpha value is -2.21. The molecule has 0 spiro atoms. The van der Waals surface area contributed by atoms with Gasteiger partial charge in [-0.3, -0.25) is 4.79 Å². The molecule has 2 aromatic heterocycles. The van der Waals surface area contributed by atoms with Gasteiger partial charge in [0.05, 0.1) is 26.2 Å². The van der Waals surface area contributed by atoms with Gasteiger partial charge in [0.2, 0.25) is 11.7 Å². The average Bonchev–Trinajstić information content (AvgIpc) is 2.91. The van der Waals surface area contributed by atoms with Crippen LogP contribution in [0.4, 0.5) is 5.95 Å². The number of nitrogens with one attached hydrogen (secondary N) is 1. The molecular formula is C19H28N5O+. The highest BCUT2D eigenvalue weighted by atomic mass is 16.1. The summed E-state index contributed by atoms with van der Waals surface area (Å²) in [6.45, 7) is 12.7. The second-order valence-corrected chi connectivity index (χ2v) is 7.13. The Kier molecular flexibility index (Phi) is 5.18. The van der Waals surface area contributed by atoms with Crippen LogP contribution in [0.2, 0.25) is 0 Å². The van der Waals surface area contributed by atoms with Crippen molar-refractivity contribution in [3.8, 4) is 0 Å². The molecule has 0 amide bonds. The molecule has 0 atom stereocenters. The van der Waals surface area contributed by atoms with Crippen molar-refractivity contribution in [2.24, 2.45) is 0 Å². The van der Waals surface area contributed by atoms with Crippen molar-refractivity contribution in [2.45, 2.75) is 33.7 Å². The number of piperazine rings is 1. The van der Waals surface area contributed by atoms with Gasteiger partial charge in [0.1, 0.15) is 6.54 Å². The third kappa shape index (κ3) is 3.74. The van der Waals surface area contributed by atoms with Crippen molar-refractivity contribution in [1.82, 2.24) is 14.5 Å². The van der Waals surface area contributed by atoms with Gasteiger partial charge in [-0.1, -0.05) is 0 Å². The molecule has 0 radical (unpaired) electrons. The number of anilines is 1. The van der Waals surface area contributed by atoms with Crippen molar-refractivity contribution < 1.29 is 9.69 Å². The molecule has 1 fully saturated rings. The van der Waals surface area contributed by atoms with Crippen LogP contribution in [0.3, 0.4) is 0 Å². The fourth-order valence-corrected chi connectivity index (χ4v) is 3.83. The van der Waals surface area contributed by atoms with Crippen LogP contribution in [0.15, 0.2) is 24.5 Å². The fraction of sp³-hybridized carbons (Fsp3) is 0.526. The Morgan fingerprint density at radius 1 is 1.20 bits per heavy atom. The Labute approximate surface area is 149 Å². The number of carbonyl (C=O) groups excluding carboxylic acids is 1. The number of Topliss-reactive ketones (excluding diaryl/α,β-unsaturated/α-hetero) is 1. The predicted octanol–water partition coefficient (Wildman–Crippen LogP) is 1.06. The zero-order chi connectivity index (χ0) is 18.0. The van der Waals surface area contributed by atoms with Gasteiger partial charge >= 0.3 is 0 Å². The van der Waals surface area contributed by atoms with Gasteiger partial charge in [-0.25, -0.2) is 9.97 Å². The van der Waals surface area contributed by atoms with Crippen molar-refractivity contribution in [1.29, 1.82) is 0 Å². The topological polar surface area (TPSA) is 55.5 Å². The van der Waals surface area contributed by atoms with Crippen LogP contribution in [0.25, 0.3) is 0 Å². The summed E-state index contributed by atoms with van der Waals surface area (Å²) < 4.78 is 2.24. The van der Waals surface area contributed by atoms with Crippen LogP contribution in [0, 0.1) is 13.8 Å². The molecule has 1 aliphatic rings. The number of hydrogen-bond donors (Lipinski definition) is 1. The summed E-state index contributed by atoms with van der Waals surface area (Å²) in [4.78, 5) is 25.0. The van der Waals surface area contributed by atoms with Crippen LogP contribution in [-0.2, 0) is 0 Å². The molecular weight excluding hydrogens is 314 g/mol. The standard InChI is InChI=1S/C19H27N5O/c1-14(2)24-15(3)12-17(16(24)4)18(25)13-22-8-10-23(11-9-22)19-20-6-5-7-21-19/h5-7,12,14H,8-11,13H2,1-4H3/p+1. The summed E-state index contributed by atoms with van der Waals surface area (Å²) in [6.07, 6.45) is 3.55. The lowest BCUT2D eigenvalue weighted by molar-refractivity contribution is -0.892. The van der Waals surface area contributed by atoms with Crippen molar-refractivity contribution in [3.05, 3.63) is 41.5 Å². The summed E-state index contributed by atoms with van der Waals surface area (Å²) in [7, 11) is 0. The molecule has 0 unspecified atom stereocenters.